The summed E-state index contributed by atoms with van der Waals surface area (Å²) in [5.41, 5.74) is 3.89. The van der Waals surface area contributed by atoms with Gasteiger partial charge in [0.15, 0.2) is 4.32 Å². The second-order valence-electron chi connectivity index (χ2n) is 4.89. The molecule has 5 nitrogen and oxygen atoms in total. The van der Waals surface area contributed by atoms with E-state index in [2.05, 4.69) is 5.43 Å². The number of nitrogens with one attached hydrogen (secondary N) is 1. The molecule has 0 bridgehead atoms. The van der Waals surface area contributed by atoms with Gasteiger partial charge in [-0.1, -0.05) is 37.2 Å². The average molecular weight is 345 g/mol. The van der Waals surface area contributed by atoms with Crippen LogP contribution in [0.4, 0.5) is 0 Å². The Hall–Kier alpha value is -2.17. The molecule has 0 aromatic heterocycles. The van der Waals surface area contributed by atoms with E-state index in [0.29, 0.717) is 21.2 Å². The molecule has 0 atom stereocenters. The molecule has 2 rings (SSSR count). The summed E-state index contributed by atoms with van der Waals surface area (Å²) in [4.78, 5) is 24.5. The SMILES string of the molecule is CCCCC(=O)NN1C(=O)/C(=C\c2ccc(C#N)cc2)SC1=S. The summed E-state index contributed by atoms with van der Waals surface area (Å²) in [7, 11) is 0. The van der Waals surface area contributed by atoms with E-state index < -0.39 is 0 Å². The predicted octanol–water partition coefficient (Wildman–Crippen LogP) is 2.98. The highest BCUT2D eigenvalue weighted by atomic mass is 32.2. The molecule has 1 heterocycles. The molecule has 1 aliphatic heterocycles. The van der Waals surface area contributed by atoms with Crippen molar-refractivity contribution in [2.24, 2.45) is 0 Å². The lowest BCUT2D eigenvalue weighted by Crippen LogP contribution is -2.44. The molecule has 1 N–H and O–H groups in total. The van der Waals surface area contributed by atoms with Crippen LogP contribution >= 0.6 is 24.0 Å². The monoisotopic (exact) mass is 345 g/mol. The molecule has 0 aliphatic carbocycles. The summed E-state index contributed by atoms with van der Waals surface area (Å²) in [6.07, 6.45) is 3.73. The molecule has 23 heavy (non-hydrogen) atoms. The quantitative estimate of drug-likeness (QED) is 0.656. The molecular weight excluding hydrogens is 330 g/mol. The zero-order valence-corrected chi connectivity index (χ0v) is 14.2. The summed E-state index contributed by atoms with van der Waals surface area (Å²) >= 11 is 6.29. The molecule has 1 aliphatic rings. The fourth-order valence-corrected chi connectivity index (χ4v) is 3.07. The van der Waals surface area contributed by atoms with Gasteiger partial charge in [-0.2, -0.15) is 10.3 Å². The van der Waals surface area contributed by atoms with Crippen molar-refractivity contribution in [2.75, 3.05) is 0 Å². The number of unbranched alkanes of at least 4 members (excludes halogenated alkanes) is 1. The van der Waals surface area contributed by atoms with E-state index in [1.165, 1.54) is 0 Å². The third-order valence-corrected chi connectivity index (χ3v) is 4.43. The summed E-state index contributed by atoms with van der Waals surface area (Å²) in [6, 6.07) is 8.91. The summed E-state index contributed by atoms with van der Waals surface area (Å²) in [5.74, 6) is -0.558. The largest absolute Gasteiger partial charge is 0.285 e. The van der Waals surface area contributed by atoms with Gasteiger partial charge in [0.05, 0.1) is 16.5 Å². The van der Waals surface area contributed by atoms with Crippen LogP contribution in [-0.4, -0.2) is 21.1 Å². The van der Waals surface area contributed by atoms with Crippen LogP contribution in [0.15, 0.2) is 29.2 Å². The number of nitriles is 1. The van der Waals surface area contributed by atoms with Crippen molar-refractivity contribution in [1.82, 2.24) is 10.4 Å². The number of benzene rings is 1. The Morgan fingerprint density at radius 3 is 2.74 bits per heavy atom. The molecule has 7 heteroatoms. The minimum atomic E-state index is -0.339. The van der Waals surface area contributed by atoms with Crippen molar-refractivity contribution >= 4 is 46.2 Å². The maximum absolute atomic E-state index is 12.3. The van der Waals surface area contributed by atoms with Crippen LogP contribution in [0.1, 0.15) is 37.3 Å². The average Bonchev–Trinajstić information content (AvgIpc) is 2.81. The lowest BCUT2D eigenvalue weighted by atomic mass is 10.1. The van der Waals surface area contributed by atoms with Crippen LogP contribution in [0.3, 0.4) is 0 Å². The van der Waals surface area contributed by atoms with Crippen LogP contribution in [0, 0.1) is 11.3 Å². The molecule has 0 unspecified atom stereocenters. The van der Waals surface area contributed by atoms with Gasteiger partial charge in [0, 0.05) is 6.42 Å². The van der Waals surface area contributed by atoms with Crippen molar-refractivity contribution < 1.29 is 9.59 Å². The molecule has 1 fully saturated rings. The van der Waals surface area contributed by atoms with Crippen LogP contribution < -0.4 is 5.43 Å². The van der Waals surface area contributed by atoms with Gasteiger partial charge in [-0.3, -0.25) is 15.0 Å². The number of amides is 2. The summed E-state index contributed by atoms with van der Waals surface area (Å²) < 4.78 is 0.305. The second kappa shape index (κ2) is 7.90. The number of thioether (sulfide) groups is 1. The van der Waals surface area contributed by atoms with Crippen LogP contribution in [0.25, 0.3) is 6.08 Å². The number of rotatable bonds is 5. The Labute approximate surface area is 144 Å². The van der Waals surface area contributed by atoms with Gasteiger partial charge in [0.25, 0.3) is 5.91 Å². The Bertz CT molecular complexity index is 705. The number of hydrogen-bond acceptors (Lipinski definition) is 5. The van der Waals surface area contributed by atoms with E-state index in [1.54, 1.807) is 30.3 Å². The lowest BCUT2D eigenvalue weighted by Gasteiger charge is -2.15. The molecule has 1 saturated heterocycles. The van der Waals surface area contributed by atoms with E-state index in [-0.39, 0.29) is 11.8 Å². The molecule has 1 aromatic rings. The number of carbonyl (C=O) groups is 2. The van der Waals surface area contributed by atoms with Crippen molar-refractivity contribution in [3.05, 3.63) is 40.3 Å². The first-order chi connectivity index (χ1) is 11.0. The Morgan fingerprint density at radius 2 is 2.13 bits per heavy atom. The maximum Gasteiger partial charge on any atom is 0.285 e. The van der Waals surface area contributed by atoms with Crippen LogP contribution in [-0.2, 0) is 9.59 Å². The maximum atomic E-state index is 12.3. The van der Waals surface area contributed by atoms with Gasteiger partial charge in [-0.15, -0.1) is 0 Å². The molecule has 0 spiro atoms. The molecule has 0 saturated carbocycles. The Kier molecular flexibility index (Phi) is 5.90. The fourth-order valence-electron chi connectivity index (χ4n) is 1.89. The third-order valence-electron chi connectivity index (χ3n) is 3.13. The Balaban J connectivity index is 2.09. The minimum absolute atomic E-state index is 0.220. The van der Waals surface area contributed by atoms with Crippen molar-refractivity contribution in [2.45, 2.75) is 26.2 Å². The van der Waals surface area contributed by atoms with Gasteiger partial charge >= 0.3 is 0 Å². The number of thiocarbonyl (C=S) groups is 1. The van der Waals surface area contributed by atoms with Crippen molar-refractivity contribution in [3.63, 3.8) is 0 Å². The highest BCUT2D eigenvalue weighted by Crippen LogP contribution is 2.31. The van der Waals surface area contributed by atoms with Crippen molar-refractivity contribution in [3.8, 4) is 6.07 Å². The fraction of sp³-hybridized carbons (Fsp3) is 0.250. The van der Waals surface area contributed by atoms with Gasteiger partial charge < -0.3 is 0 Å². The standard InChI is InChI=1S/C16H15N3O2S2/c1-2-3-4-14(20)18-19-15(21)13(23-16(19)22)9-11-5-7-12(10-17)8-6-11/h5-9H,2-4H2,1H3,(H,18,20)/b13-9+. The third kappa shape index (κ3) is 4.41. The summed E-state index contributed by atoms with van der Waals surface area (Å²) in [5, 5.41) is 9.90. The van der Waals surface area contributed by atoms with Gasteiger partial charge in [0.1, 0.15) is 0 Å². The molecular formula is C16H15N3O2S2. The normalized spacial score (nSPS) is 15.8. The highest BCUT2D eigenvalue weighted by molar-refractivity contribution is 8.26. The first-order valence-corrected chi connectivity index (χ1v) is 8.35. The number of hydrazine groups is 1. The predicted molar refractivity (Wildman–Crippen MR) is 93.8 cm³/mol. The van der Waals surface area contributed by atoms with E-state index >= 15 is 0 Å². The molecule has 1 aromatic carbocycles. The van der Waals surface area contributed by atoms with E-state index in [0.717, 1.165) is 35.2 Å². The zero-order chi connectivity index (χ0) is 16.8. The highest BCUT2D eigenvalue weighted by Gasteiger charge is 2.33. The molecule has 118 valence electrons. The Morgan fingerprint density at radius 1 is 1.43 bits per heavy atom. The zero-order valence-electron chi connectivity index (χ0n) is 12.5. The minimum Gasteiger partial charge on any atom is -0.273 e. The number of carbonyl (C=O) groups excluding carboxylic acids is 2. The van der Waals surface area contributed by atoms with Gasteiger partial charge in [-0.25, -0.2) is 0 Å². The van der Waals surface area contributed by atoms with E-state index in [9.17, 15) is 9.59 Å². The number of nitrogens with zero attached hydrogens (tertiary/aromatic N) is 2. The van der Waals surface area contributed by atoms with Crippen LogP contribution in [0.2, 0.25) is 0 Å². The first kappa shape index (κ1) is 17.2. The van der Waals surface area contributed by atoms with Gasteiger partial charge in [-0.05, 0) is 42.4 Å². The van der Waals surface area contributed by atoms with E-state index in [1.807, 2.05) is 13.0 Å². The van der Waals surface area contributed by atoms with Gasteiger partial charge in [0.2, 0.25) is 5.91 Å². The van der Waals surface area contributed by atoms with E-state index in [4.69, 9.17) is 17.5 Å². The second-order valence-corrected chi connectivity index (χ2v) is 6.57. The summed E-state index contributed by atoms with van der Waals surface area (Å²) in [6.45, 7) is 1.99. The first-order valence-electron chi connectivity index (χ1n) is 7.12. The smallest absolute Gasteiger partial charge is 0.273 e. The van der Waals surface area contributed by atoms with Crippen molar-refractivity contribution in [1.29, 1.82) is 5.26 Å². The molecule has 2 amide bonds. The number of hydrogen-bond donors (Lipinski definition) is 1. The van der Waals surface area contributed by atoms with Crippen LogP contribution in [0.5, 0.6) is 0 Å². The topological polar surface area (TPSA) is 73.2 Å². The molecule has 0 radical (unpaired) electrons. The lowest BCUT2D eigenvalue weighted by molar-refractivity contribution is -0.133.